The summed E-state index contributed by atoms with van der Waals surface area (Å²) in [6.45, 7) is 10.1. The summed E-state index contributed by atoms with van der Waals surface area (Å²) in [7, 11) is -0.446. The summed E-state index contributed by atoms with van der Waals surface area (Å²) in [5.41, 5.74) is 1.07. The Labute approximate surface area is 114 Å². The number of hydrogen-bond donors (Lipinski definition) is 0. The van der Waals surface area contributed by atoms with Crippen LogP contribution in [0.1, 0.15) is 40.2 Å². The second-order valence-electron chi connectivity index (χ2n) is 5.64. The monoisotopic (exact) mass is 267 g/mol. The quantitative estimate of drug-likeness (QED) is 0.772. The lowest BCUT2D eigenvalue weighted by molar-refractivity contribution is 0.00578. The molecule has 1 aliphatic rings. The van der Waals surface area contributed by atoms with Crippen molar-refractivity contribution in [1.82, 2.24) is 4.98 Å². The number of hydrogen-bond acceptors (Lipinski definition) is 3. The van der Waals surface area contributed by atoms with Crippen molar-refractivity contribution < 1.29 is 9.31 Å². The average Bonchev–Trinajstić information content (AvgIpc) is 2.48. The minimum atomic E-state index is -0.446. The highest BCUT2D eigenvalue weighted by molar-refractivity contribution is 6.61. The van der Waals surface area contributed by atoms with Crippen molar-refractivity contribution in [2.75, 3.05) is 0 Å². The summed E-state index contributed by atoms with van der Waals surface area (Å²) in [6, 6.07) is 1.84. The van der Waals surface area contributed by atoms with Gasteiger partial charge in [-0.15, -0.1) is 0 Å². The molecule has 1 fully saturated rings. The molecule has 3 nitrogen and oxygen atoms in total. The molecule has 0 aromatic carbocycles. The van der Waals surface area contributed by atoms with Crippen LogP contribution in [0.5, 0.6) is 0 Å². The fraction of sp³-hybridized carbons (Fsp3) is 0.615. The van der Waals surface area contributed by atoms with E-state index < -0.39 is 7.12 Å². The summed E-state index contributed by atoms with van der Waals surface area (Å²) in [5, 5.41) is 0.720. The van der Waals surface area contributed by atoms with Gasteiger partial charge in [0.15, 0.2) is 0 Å². The molecule has 0 bridgehead atoms. The van der Waals surface area contributed by atoms with Gasteiger partial charge in [-0.2, -0.15) is 0 Å². The van der Waals surface area contributed by atoms with Crippen LogP contribution in [-0.2, 0) is 15.7 Å². The Bertz CT molecular complexity index is 446. The first-order chi connectivity index (χ1) is 8.27. The van der Waals surface area contributed by atoms with Gasteiger partial charge in [-0.25, -0.2) is 0 Å². The third-order valence-electron chi connectivity index (χ3n) is 3.83. The summed E-state index contributed by atoms with van der Waals surface area (Å²) < 4.78 is 11.9. The zero-order valence-corrected chi connectivity index (χ0v) is 12.3. The molecule has 0 saturated carbocycles. The van der Waals surface area contributed by atoms with E-state index in [1.54, 1.807) is 6.20 Å². The van der Waals surface area contributed by atoms with Crippen LogP contribution in [0.3, 0.4) is 0 Å². The summed E-state index contributed by atoms with van der Waals surface area (Å²) in [5.74, 6) is 0. The first kappa shape index (κ1) is 13.8. The molecule has 1 aromatic rings. The molecule has 1 aliphatic heterocycles. The van der Waals surface area contributed by atoms with E-state index in [2.05, 4.69) is 11.9 Å². The fourth-order valence-electron chi connectivity index (χ4n) is 1.83. The molecule has 18 heavy (non-hydrogen) atoms. The van der Waals surface area contributed by atoms with Gasteiger partial charge in [-0.05, 0) is 45.7 Å². The van der Waals surface area contributed by atoms with Crippen molar-refractivity contribution >= 4 is 24.3 Å². The predicted molar refractivity (Wildman–Crippen MR) is 74.3 cm³/mol. The molecular weight excluding hydrogens is 248 g/mol. The molecule has 0 unspecified atom stereocenters. The second-order valence-corrected chi connectivity index (χ2v) is 6.05. The summed E-state index contributed by atoms with van der Waals surface area (Å²) in [6.07, 6.45) is 2.66. The maximum absolute atomic E-state index is 6.20. The molecule has 1 saturated heterocycles. The van der Waals surface area contributed by atoms with E-state index >= 15 is 0 Å². The molecule has 0 radical (unpaired) electrons. The predicted octanol–water partition coefficient (Wildman–Crippen LogP) is 2.60. The molecule has 0 aliphatic carbocycles. The van der Waals surface area contributed by atoms with Crippen molar-refractivity contribution in [3.63, 3.8) is 0 Å². The Kier molecular flexibility index (Phi) is 3.47. The number of halogens is 1. The van der Waals surface area contributed by atoms with Crippen LogP contribution in [0.4, 0.5) is 0 Å². The molecule has 0 N–H and O–H groups in total. The van der Waals surface area contributed by atoms with Gasteiger partial charge >= 0.3 is 7.12 Å². The van der Waals surface area contributed by atoms with Gasteiger partial charge in [0.2, 0.25) is 0 Å². The van der Waals surface area contributed by atoms with E-state index in [0.717, 1.165) is 22.6 Å². The molecule has 0 amide bonds. The van der Waals surface area contributed by atoms with Crippen LogP contribution in [0.2, 0.25) is 5.02 Å². The van der Waals surface area contributed by atoms with Crippen LogP contribution in [0.15, 0.2) is 12.3 Å². The van der Waals surface area contributed by atoms with Crippen molar-refractivity contribution in [3.8, 4) is 0 Å². The number of pyridine rings is 1. The molecular formula is C13H19BClNO2. The van der Waals surface area contributed by atoms with E-state index in [1.165, 1.54) is 0 Å². The first-order valence-electron chi connectivity index (χ1n) is 6.27. The van der Waals surface area contributed by atoms with Gasteiger partial charge in [0.25, 0.3) is 0 Å². The van der Waals surface area contributed by atoms with Gasteiger partial charge in [0.1, 0.15) is 0 Å². The zero-order chi connectivity index (χ0) is 13.6. The van der Waals surface area contributed by atoms with Crippen LogP contribution in [-0.4, -0.2) is 23.3 Å². The standard InChI is InChI=1S/C13H19BClNO2/c1-6-9-8-16-11(7-10(9)15)14-17-12(2,3)13(4,5)18-14/h7-8H,6H2,1-5H3. The lowest BCUT2D eigenvalue weighted by atomic mass is 9.84. The van der Waals surface area contributed by atoms with Gasteiger partial charge in [0, 0.05) is 11.2 Å². The normalized spacial score (nSPS) is 21.3. The molecule has 0 spiro atoms. The highest BCUT2D eigenvalue weighted by atomic mass is 35.5. The van der Waals surface area contributed by atoms with Crippen molar-refractivity contribution in [3.05, 3.63) is 22.8 Å². The Hall–Kier alpha value is -0.575. The third kappa shape index (κ3) is 2.29. The molecule has 2 rings (SSSR count). The van der Waals surface area contributed by atoms with Crippen molar-refractivity contribution in [2.45, 2.75) is 52.2 Å². The van der Waals surface area contributed by atoms with Gasteiger partial charge < -0.3 is 9.31 Å². The summed E-state index contributed by atoms with van der Waals surface area (Å²) >= 11 is 6.20. The molecule has 2 heterocycles. The summed E-state index contributed by atoms with van der Waals surface area (Å²) in [4.78, 5) is 4.39. The van der Waals surface area contributed by atoms with Crippen molar-refractivity contribution in [2.24, 2.45) is 0 Å². The van der Waals surface area contributed by atoms with Crippen LogP contribution in [0, 0.1) is 0 Å². The maximum Gasteiger partial charge on any atom is 0.514 e. The smallest absolute Gasteiger partial charge is 0.398 e. The Balaban J connectivity index is 2.27. The van der Waals surface area contributed by atoms with E-state index in [1.807, 2.05) is 33.8 Å². The molecule has 1 aromatic heterocycles. The number of aryl methyl sites for hydroxylation is 1. The van der Waals surface area contributed by atoms with Gasteiger partial charge in [0.05, 0.1) is 16.8 Å². The number of nitrogens with zero attached hydrogens (tertiary/aromatic N) is 1. The Morgan fingerprint density at radius 1 is 1.22 bits per heavy atom. The van der Waals surface area contributed by atoms with Gasteiger partial charge in [-0.3, -0.25) is 4.98 Å². The maximum atomic E-state index is 6.20. The Morgan fingerprint density at radius 3 is 2.22 bits per heavy atom. The number of aromatic nitrogens is 1. The van der Waals surface area contributed by atoms with Gasteiger partial charge in [-0.1, -0.05) is 18.5 Å². The highest BCUT2D eigenvalue weighted by Crippen LogP contribution is 2.36. The SMILES string of the molecule is CCc1cnc(B2OC(C)(C)C(C)(C)O2)cc1Cl. The van der Waals surface area contributed by atoms with E-state index in [9.17, 15) is 0 Å². The average molecular weight is 268 g/mol. The molecule has 5 heteroatoms. The largest absolute Gasteiger partial charge is 0.514 e. The van der Waals surface area contributed by atoms with Crippen LogP contribution in [0.25, 0.3) is 0 Å². The van der Waals surface area contributed by atoms with Crippen LogP contribution >= 0.6 is 11.6 Å². The second kappa shape index (κ2) is 4.51. The first-order valence-corrected chi connectivity index (χ1v) is 6.64. The van der Waals surface area contributed by atoms with E-state index in [0.29, 0.717) is 0 Å². The number of rotatable bonds is 2. The topological polar surface area (TPSA) is 31.4 Å². The molecule has 98 valence electrons. The fourth-order valence-corrected chi connectivity index (χ4v) is 2.12. The Morgan fingerprint density at radius 2 is 1.78 bits per heavy atom. The highest BCUT2D eigenvalue weighted by Gasteiger charge is 2.52. The zero-order valence-electron chi connectivity index (χ0n) is 11.6. The minimum Gasteiger partial charge on any atom is -0.398 e. The van der Waals surface area contributed by atoms with E-state index in [4.69, 9.17) is 20.9 Å². The van der Waals surface area contributed by atoms with Crippen LogP contribution < -0.4 is 5.59 Å². The lowest BCUT2D eigenvalue weighted by Gasteiger charge is -2.32. The lowest BCUT2D eigenvalue weighted by Crippen LogP contribution is -2.41. The minimum absolute atomic E-state index is 0.352. The van der Waals surface area contributed by atoms with E-state index in [-0.39, 0.29) is 11.2 Å². The molecule has 0 atom stereocenters. The third-order valence-corrected chi connectivity index (χ3v) is 4.18. The van der Waals surface area contributed by atoms with Crippen molar-refractivity contribution in [1.29, 1.82) is 0 Å².